The lowest BCUT2D eigenvalue weighted by molar-refractivity contribution is -0.140. The van der Waals surface area contributed by atoms with Crippen molar-refractivity contribution in [2.75, 3.05) is 16.9 Å². The maximum absolute atomic E-state index is 13.3. The first-order valence-electron chi connectivity index (χ1n) is 5.32. The van der Waals surface area contributed by atoms with E-state index in [1.54, 1.807) is 0 Å². The molecule has 1 fully saturated rings. The van der Waals surface area contributed by atoms with E-state index in [1.807, 2.05) is 0 Å². The first-order chi connectivity index (χ1) is 8.99. The number of hydrogen-bond donors (Lipinski definition) is 2. The van der Waals surface area contributed by atoms with E-state index >= 15 is 0 Å². The number of rotatable bonds is 2. The lowest BCUT2D eigenvalue weighted by Crippen LogP contribution is -2.43. The molecule has 0 aliphatic carbocycles. The molecular formula is C11H10BrFN2O3S. The Kier molecular flexibility index (Phi) is 4.31. The number of halogens is 2. The second-order valence-electron chi connectivity index (χ2n) is 3.88. The van der Waals surface area contributed by atoms with Gasteiger partial charge in [-0.15, -0.1) is 11.8 Å². The number of anilines is 1. The van der Waals surface area contributed by atoms with E-state index in [0.717, 1.165) is 0 Å². The summed E-state index contributed by atoms with van der Waals surface area (Å²) >= 11 is 4.38. The molecule has 0 spiro atoms. The number of nitrogens with one attached hydrogen (secondary N) is 1. The van der Waals surface area contributed by atoms with Gasteiger partial charge < -0.3 is 15.3 Å². The number of hydrogen-bond acceptors (Lipinski definition) is 3. The van der Waals surface area contributed by atoms with Gasteiger partial charge in [-0.05, 0) is 34.1 Å². The Morgan fingerprint density at radius 2 is 2.26 bits per heavy atom. The molecule has 1 saturated heterocycles. The predicted octanol–water partition coefficient (Wildman–Crippen LogP) is 2.58. The second kappa shape index (κ2) is 5.79. The highest BCUT2D eigenvalue weighted by atomic mass is 79.9. The van der Waals surface area contributed by atoms with Crippen molar-refractivity contribution in [3.63, 3.8) is 0 Å². The summed E-state index contributed by atoms with van der Waals surface area (Å²) in [5.74, 6) is -0.871. The van der Waals surface area contributed by atoms with Crippen LogP contribution < -0.4 is 5.32 Å². The van der Waals surface area contributed by atoms with E-state index in [-0.39, 0.29) is 5.69 Å². The molecule has 102 valence electrons. The van der Waals surface area contributed by atoms with Crippen LogP contribution in [0.1, 0.15) is 0 Å². The number of aliphatic carboxylic acids is 1. The van der Waals surface area contributed by atoms with Gasteiger partial charge in [-0.1, -0.05) is 0 Å². The number of carbonyl (C=O) groups is 2. The van der Waals surface area contributed by atoms with E-state index in [1.165, 1.54) is 34.9 Å². The quantitative estimate of drug-likeness (QED) is 0.861. The summed E-state index contributed by atoms with van der Waals surface area (Å²) in [5.41, 5.74) is 0.284. The minimum absolute atomic E-state index is 0.284. The summed E-state index contributed by atoms with van der Waals surface area (Å²) in [7, 11) is 0. The third-order valence-corrected chi connectivity index (χ3v) is 4.25. The van der Waals surface area contributed by atoms with Crippen LogP contribution in [0.25, 0.3) is 0 Å². The van der Waals surface area contributed by atoms with Gasteiger partial charge in [0.1, 0.15) is 11.9 Å². The van der Waals surface area contributed by atoms with Crippen molar-refractivity contribution in [1.82, 2.24) is 4.90 Å². The van der Waals surface area contributed by atoms with Crippen LogP contribution in [0.15, 0.2) is 22.7 Å². The molecule has 19 heavy (non-hydrogen) atoms. The maximum atomic E-state index is 13.3. The number of nitrogens with zero attached hydrogens (tertiary/aromatic N) is 1. The average Bonchev–Trinajstić information content (AvgIpc) is 2.83. The number of urea groups is 1. The number of carboxylic acids is 1. The molecule has 1 atom stereocenters. The molecule has 1 aromatic rings. The summed E-state index contributed by atoms with van der Waals surface area (Å²) in [6, 6.07) is 2.79. The molecule has 0 radical (unpaired) electrons. The topological polar surface area (TPSA) is 69.6 Å². The van der Waals surface area contributed by atoms with Crippen molar-refractivity contribution in [2.45, 2.75) is 6.04 Å². The number of amides is 2. The lowest BCUT2D eigenvalue weighted by atomic mass is 10.3. The molecule has 2 amide bonds. The Morgan fingerprint density at radius 3 is 2.89 bits per heavy atom. The second-order valence-corrected chi connectivity index (χ2v) is 5.74. The van der Waals surface area contributed by atoms with Gasteiger partial charge in [-0.25, -0.2) is 14.0 Å². The molecule has 8 heteroatoms. The van der Waals surface area contributed by atoms with Gasteiger partial charge in [0, 0.05) is 11.4 Å². The Labute approximate surface area is 121 Å². The fourth-order valence-corrected chi connectivity index (χ4v) is 3.01. The fourth-order valence-electron chi connectivity index (χ4n) is 1.62. The fraction of sp³-hybridized carbons (Fsp3) is 0.273. The van der Waals surface area contributed by atoms with E-state index in [9.17, 15) is 14.0 Å². The van der Waals surface area contributed by atoms with E-state index in [2.05, 4.69) is 21.2 Å². The van der Waals surface area contributed by atoms with E-state index in [4.69, 9.17) is 5.11 Å². The molecule has 1 aliphatic rings. The van der Waals surface area contributed by atoms with Crippen LogP contribution >= 0.6 is 27.7 Å². The largest absolute Gasteiger partial charge is 0.480 e. The predicted molar refractivity (Wildman–Crippen MR) is 73.7 cm³/mol. The van der Waals surface area contributed by atoms with Crippen molar-refractivity contribution in [3.05, 3.63) is 28.5 Å². The van der Waals surface area contributed by atoms with Crippen LogP contribution in [0.5, 0.6) is 0 Å². The van der Waals surface area contributed by atoms with Gasteiger partial charge in [0.05, 0.1) is 10.3 Å². The molecule has 0 unspecified atom stereocenters. The van der Waals surface area contributed by atoms with Crippen molar-refractivity contribution in [3.8, 4) is 0 Å². The van der Waals surface area contributed by atoms with Crippen LogP contribution in [0.3, 0.4) is 0 Å². The lowest BCUT2D eigenvalue weighted by Gasteiger charge is -2.20. The molecule has 5 nitrogen and oxygen atoms in total. The van der Waals surface area contributed by atoms with E-state index < -0.39 is 23.9 Å². The number of carboxylic acid groups (broad SMARTS) is 1. The zero-order valence-electron chi connectivity index (χ0n) is 9.60. The highest BCUT2D eigenvalue weighted by Crippen LogP contribution is 2.23. The molecular weight excluding hydrogens is 339 g/mol. The van der Waals surface area contributed by atoms with Gasteiger partial charge in [0.15, 0.2) is 0 Å². The molecule has 2 N–H and O–H groups in total. The molecule has 1 heterocycles. The van der Waals surface area contributed by atoms with Crippen molar-refractivity contribution >= 4 is 45.4 Å². The van der Waals surface area contributed by atoms with Crippen molar-refractivity contribution in [2.24, 2.45) is 0 Å². The Morgan fingerprint density at radius 1 is 1.53 bits per heavy atom. The number of thioether (sulfide) groups is 1. The van der Waals surface area contributed by atoms with Crippen LogP contribution in [0.2, 0.25) is 0 Å². The molecule has 0 bridgehead atoms. The summed E-state index contributed by atoms with van der Waals surface area (Å²) in [4.78, 5) is 24.1. The van der Waals surface area contributed by atoms with Crippen LogP contribution in [0, 0.1) is 5.82 Å². The monoisotopic (exact) mass is 348 g/mol. The first-order valence-corrected chi connectivity index (χ1v) is 7.27. The average molecular weight is 349 g/mol. The molecule has 0 saturated carbocycles. The van der Waals surface area contributed by atoms with Gasteiger partial charge >= 0.3 is 12.0 Å². The summed E-state index contributed by atoms with van der Waals surface area (Å²) in [6.07, 6.45) is 0. The van der Waals surface area contributed by atoms with E-state index in [0.29, 0.717) is 16.1 Å². The third-order valence-electron chi connectivity index (χ3n) is 2.60. The smallest absolute Gasteiger partial charge is 0.327 e. The van der Waals surface area contributed by atoms with Crippen LogP contribution in [0.4, 0.5) is 14.9 Å². The Hall–Kier alpha value is -1.28. The van der Waals surface area contributed by atoms with Crippen molar-refractivity contribution < 1.29 is 19.1 Å². The van der Waals surface area contributed by atoms with Crippen molar-refractivity contribution in [1.29, 1.82) is 0 Å². The van der Waals surface area contributed by atoms with Gasteiger partial charge in [-0.3, -0.25) is 0 Å². The van der Waals surface area contributed by atoms with Crippen LogP contribution in [-0.4, -0.2) is 39.7 Å². The first kappa shape index (κ1) is 14.1. The molecule has 1 aromatic carbocycles. The highest BCUT2D eigenvalue weighted by molar-refractivity contribution is 9.10. The minimum atomic E-state index is -1.04. The van der Waals surface area contributed by atoms with Gasteiger partial charge in [0.25, 0.3) is 0 Å². The summed E-state index contributed by atoms with van der Waals surface area (Å²) in [6.45, 7) is 0. The molecule has 1 aliphatic heterocycles. The zero-order valence-corrected chi connectivity index (χ0v) is 12.0. The number of carbonyl (C=O) groups excluding carboxylic acids is 1. The van der Waals surface area contributed by atoms with Crippen LogP contribution in [-0.2, 0) is 4.79 Å². The normalized spacial score (nSPS) is 18.4. The maximum Gasteiger partial charge on any atom is 0.327 e. The Bertz CT molecular complexity index is 529. The zero-order chi connectivity index (χ0) is 14.0. The summed E-state index contributed by atoms with van der Waals surface area (Å²) < 4.78 is 13.6. The standard InChI is InChI=1S/C11H10BrFN2O3S/c12-7-2-1-6(3-8(7)13)14-11(18)15-5-19-4-9(15)10(16)17/h1-3,9H,4-5H2,(H,14,18)(H,16,17)/t9-/m0/s1. The minimum Gasteiger partial charge on any atom is -0.480 e. The van der Waals surface area contributed by atoms with Gasteiger partial charge in [0.2, 0.25) is 0 Å². The summed E-state index contributed by atoms with van der Waals surface area (Å²) in [5, 5.41) is 11.5. The Balaban J connectivity index is 2.08. The molecule has 2 rings (SSSR count). The number of benzene rings is 1. The third kappa shape index (κ3) is 3.19. The SMILES string of the molecule is O=C(O)[C@@H]1CSCN1C(=O)Nc1ccc(Br)c(F)c1. The van der Waals surface area contributed by atoms with Gasteiger partial charge in [-0.2, -0.15) is 0 Å². The molecule has 0 aromatic heterocycles. The highest BCUT2D eigenvalue weighted by Gasteiger charge is 2.34.